The number of rotatable bonds is 6. The molecule has 1 heterocycles. The number of likely N-dealkylation sites (tertiary alicyclic amines) is 1. The van der Waals surface area contributed by atoms with Crippen LogP contribution in [0.5, 0.6) is 0 Å². The maximum atomic E-state index is 11.6. The third kappa shape index (κ3) is 4.91. The van der Waals surface area contributed by atoms with Crippen molar-refractivity contribution < 1.29 is 14.7 Å². The van der Waals surface area contributed by atoms with Crippen molar-refractivity contribution in [3.05, 3.63) is 0 Å². The molecule has 18 heavy (non-hydrogen) atoms. The molecule has 0 aromatic heterocycles. The van der Waals surface area contributed by atoms with Crippen molar-refractivity contribution in [2.45, 2.75) is 45.2 Å². The van der Waals surface area contributed by atoms with Crippen molar-refractivity contribution >= 4 is 12.0 Å². The predicted octanol–water partition coefficient (Wildman–Crippen LogP) is 0.633. The second kappa shape index (κ2) is 7.20. The third-order valence-electron chi connectivity index (χ3n) is 3.12. The van der Waals surface area contributed by atoms with Gasteiger partial charge in [-0.05, 0) is 39.3 Å². The molecule has 2 atom stereocenters. The maximum Gasteiger partial charge on any atom is 0.326 e. The number of urea groups is 1. The first-order chi connectivity index (χ1) is 8.52. The van der Waals surface area contributed by atoms with Crippen molar-refractivity contribution in [3.8, 4) is 0 Å². The van der Waals surface area contributed by atoms with Crippen LogP contribution in [0.4, 0.5) is 4.79 Å². The first-order valence-electron chi connectivity index (χ1n) is 6.55. The van der Waals surface area contributed by atoms with E-state index in [1.54, 1.807) is 6.92 Å². The van der Waals surface area contributed by atoms with Crippen LogP contribution in [-0.2, 0) is 4.79 Å². The molecule has 0 spiro atoms. The van der Waals surface area contributed by atoms with E-state index >= 15 is 0 Å². The molecule has 0 saturated carbocycles. The first-order valence-corrected chi connectivity index (χ1v) is 6.55. The zero-order chi connectivity index (χ0) is 13.5. The van der Waals surface area contributed by atoms with Gasteiger partial charge in [0.15, 0.2) is 0 Å². The molecule has 2 unspecified atom stereocenters. The number of carboxylic acid groups (broad SMARTS) is 1. The molecular formula is C12H23N3O3. The molecule has 1 rings (SSSR count). The highest BCUT2D eigenvalue weighted by atomic mass is 16.4. The van der Waals surface area contributed by atoms with Crippen molar-refractivity contribution in [2.24, 2.45) is 0 Å². The minimum atomic E-state index is -1.00. The van der Waals surface area contributed by atoms with Gasteiger partial charge in [-0.25, -0.2) is 9.59 Å². The van der Waals surface area contributed by atoms with E-state index in [-0.39, 0.29) is 6.04 Å². The minimum absolute atomic E-state index is 0.0226. The Morgan fingerprint density at radius 3 is 2.39 bits per heavy atom. The summed E-state index contributed by atoms with van der Waals surface area (Å²) in [6, 6.07) is -1.20. The fourth-order valence-corrected chi connectivity index (χ4v) is 2.16. The Bertz CT molecular complexity index is 290. The van der Waals surface area contributed by atoms with Crippen molar-refractivity contribution in [2.75, 3.05) is 19.6 Å². The Morgan fingerprint density at radius 1 is 1.28 bits per heavy atom. The summed E-state index contributed by atoms with van der Waals surface area (Å²) >= 11 is 0. The number of carbonyl (C=O) groups is 2. The lowest BCUT2D eigenvalue weighted by molar-refractivity contribution is -0.139. The zero-order valence-corrected chi connectivity index (χ0v) is 11.1. The molecule has 0 radical (unpaired) electrons. The van der Waals surface area contributed by atoms with Crippen LogP contribution >= 0.6 is 0 Å². The number of amides is 2. The summed E-state index contributed by atoms with van der Waals surface area (Å²) < 4.78 is 0. The van der Waals surface area contributed by atoms with Crippen molar-refractivity contribution in [3.63, 3.8) is 0 Å². The lowest BCUT2D eigenvalue weighted by Crippen LogP contribution is -2.50. The van der Waals surface area contributed by atoms with Gasteiger partial charge in [-0.15, -0.1) is 0 Å². The zero-order valence-electron chi connectivity index (χ0n) is 11.1. The molecule has 1 aliphatic heterocycles. The van der Waals surface area contributed by atoms with E-state index in [9.17, 15) is 9.59 Å². The molecule has 1 fully saturated rings. The number of nitrogens with one attached hydrogen (secondary N) is 2. The van der Waals surface area contributed by atoms with Crippen LogP contribution in [-0.4, -0.2) is 53.7 Å². The van der Waals surface area contributed by atoms with E-state index in [0.717, 1.165) is 19.6 Å². The van der Waals surface area contributed by atoms with E-state index in [1.165, 1.54) is 12.8 Å². The van der Waals surface area contributed by atoms with Crippen LogP contribution in [0.3, 0.4) is 0 Å². The fraction of sp³-hybridized carbons (Fsp3) is 0.833. The Balaban J connectivity index is 2.27. The van der Waals surface area contributed by atoms with Gasteiger partial charge in [0, 0.05) is 12.6 Å². The second-order valence-corrected chi connectivity index (χ2v) is 4.83. The van der Waals surface area contributed by atoms with E-state index in [1.807, 2.05) is 6.92 Å². The standard InChI is InChI=1S/C12H23N3O3/c1-3-10(11(16)17)14-12(18)13-9(2)8-15-6-4-5-7-15/h9-10H,3-8H2,1-2H3,(H,16,17)(H2,13,14,18). The summed E-state index contributed by atoms with van der Waals surface area (Å²) in [5, 5.41) is 14.1. The Kier molecular flexibility index (Phi) is 5.91. The monoisotopic (exact) mass is 257 g/mol. The third-order valence-corrected chi connectivity index (χ3v) is 3.12. The molecule has 104 valence electrons. The summed E-state index contributed by atoms with van der Waals surface area (Å²) in [5.74, 6) is -1.00. The maximum absolute atomic E-state index is 11.6. The molecule has 6 nitrogen and oxygen atoms in total. The Morgan fingerprint density at radius 2 is 1.89 bits per heavy atom. The minimum Gasteiger partial charge on any atom is -0.480 e. The van der Waals surface area contributed by atoms with Gasteiger partial charge in [-0.1, -0.05) is 6.92 Å². The van der Waals surface area contributed by atoms with Crippen LogP contribution in [0.25, 0.3) is 0 Å². The molecule has 6 heteroatoms. The molecule has 1 aliphatic rings. The largest absolute Gasteiger partial charge is 0.480 e. The fourth-order valence-electron chi connectivity index (χ4n) is 2.16. The summed E-state index contributed by atoms with van der Waals surface area (Å²) in [7, 11) is 0. The number of hydrogen-bond acceptors (Lipinski definition) is 3. The Labute approximate surface area is 108 Å². The highest BCUT2D eigenvalue weighted by molar-refractivity contribution is 5.82. The van der Waals surface area contributed by atoms with Gasteiger partial charge in [-0.3, -0.25) is 0 Å². The van der Waals surface area contributed by atoms with E-state index in [2.05, 4.69) is 15.5 Å². The van der Waals surface area contributed by atoms with Gasteiger partial charge in [-0.2, -0.15) is 0 Å². The topological polar surface area (TPSA) is 81.7 Å². The molecule has 0 aliphatic carbocycles. The molecule has 0 aromatic rings. The van der Waals surface area contributed by atoms with Gasteiger partial charge in [0.25, 0.3) is 0 Å². The SMILES string of the molecule is CCC(NC(=O)NC(C)CN1CCCC1)C(=O)O. The van der Waals surface area contributed by atoms with Crippen LogP contribution < -0.4 is 10.6 Å². The van der Waals surface area contributed by atoms with E-state index < -0.39 is 18.0 Å². The Hall–Kier alpha value is -1.30. The van der Waals surface area contributed by atoms with Crippen molar-refractivity contribution in [1.82, 2.24) is 15.5 Å². The second-order valence-electron chi connectivity index (χ2n) is 4.83. The number of carboxylic acids is 1. The molecular weight excluding hydrogens is 234 g/mol. The highest BCUT2D eigenvalue weighted by Gasteiger charge is 2.20. The van der Waals surface area contributed by atoms with Crippen LogP contribution in [0.2, 0.25) is 0 Å². The van der Waals surface area contributed by atoms with Gasteiger partial charge in [0.1, 0.15) is 6.04 Å². The number of carbonyl (C=O) groups excluding carboxylic acids is 1. The summed E-state index contributed by atoms with van der Waals surface area (Å²) in [6.45, 7) is 6.64. The molecule has 3 N–H and O–H groups in total. The summed E-state index contributed by atoms with van der Waals surface area (Å²) in [6.07, 6.45) is 2.81. The smallest absolute Gasteiger partial charge is 0.326 e. The quantitative estimate of drug-likeness (QED) is 0.652. The normalized spacial score (nSPS) is 19.2. The van der Waals surface area contributed by atoms with Gasteiger partial charge in [0.2, 0.25) is 0 Å². The number of nitrogens with zero attached hydrogens (tertiary/aromatic N) is 1. The lowest BCUT2D eigenvalue weighted by Gasteiger charge is -2.22. The highest BCUT2D eigenvalue weighted by Crippen LogP contribution is 2.07. The first kappa shape index (κ1) is 14.8. The van der Waals surface area contributed by atoms with Crippen LogP contribution in [0.1, 0.15) is 33.1 Å². The molecule has 0 bridgehead atoms. The van der Waals surface area contributed by atoms with Gasteiger partial charge < -0.3 is 20.6 Å². The van der Waals surface area contributed by atoms with Crippen LogP contribution in [0.15, 0.2) is 0 Å². The van der Waals surface area contributed by atoms with E-state index in [4.69, 9.17) is 5.11 Å². The van der Waals surface area contributed by atoms with Gasteiger partial charge in [0.05, 0.1) is 0 Å². The molecule has 2 amide bonds. The molecule has 0 aromatic carbocycles. The summed E-state index contributed by atoms with van der Waals surface area (Å²) in [5.41, 5.74) is 0. The average Bonchev–Trinajstić information content (AvgIpc) is 2.77. The average molecular weight is 257 g/mol. The summed E-state index contributed by atoms with van der Waals surface area (Å²) in [4.78, 5) is 24.7. The molecule has 1 saturated heterocycles. The van der Waals surface area contributed by atoms with Crippen molar-refractivity contribution in [1.29, 1.82) is 0 Å². The van der Waals surface area contributed by atoms with E-state index in [0.29, 0.717) is 6.42 Å². The van der Waals surface area contributed by atoms with Gasteiger partial charge >= 0.3 is 12.0 Å². The number of hydrogen-bond donors (Lipinski definition) is 3. The number of aliphatic carboxylic acids is 1. The lowest BCUT2D eigenvalue weighted by atomic mass is 10.2. The predicted molar refractivity (Wildman–Crippen MR) is 68.5 cm³/mol. The van der Waals surface area contributed by atoms with Crippen LogP contribution in [0, 0.1) is 0 Å².